The lowest BCUT2D eigenvalue weighted by Gasteiger charge is -2.29. The summed E-state index contributed by atoms with van der Waals surface area (Å²) in [5.74, 6) is 0.546. The predicted molar refractivity (Wildman–Crippen MR) is 119 cm³/mol. The summed E-state index contributed by atoms with van der Waals surface area (Å²) in [6.45, 7) is 7.22. The molecular weight excluding hydrogens is 344 g/mol. The van der Waals surface area contributed by atoms with Gasteiger partial charge in [0.2, 0.25) is 5.91 Å². The average Bonchev–Trinajstić information content (AvgIpc) is 2.98. The fourth-order valence-electron chi connectivity index (χ4n) is 4.50. The van der Waals surface area contributed by atoms with Crippen molar-refractivity contribution in [3.63, 3.8) is 0 Å². The van der Waals surface area contributed by atoms with Crippen LogP contribution in [0.1, 0.15) is 70.4 Å². The minimum atomic E-state index is -0.665. The molecule has 152 valence electrons. The number of rotatable bonds is 8. The quantitative estimate of drug-likeness (QED) is 0.602. The lowest BCUT2D eigenvalue weighted by atomic mass is 9.73. The van der Waals surface area contributed by atoms with Gasteiger partial charge in [0.15, 0.2) is 0 Å². The van der Waals surface area contributed by atoms with E-state index in [1.807, 2.05) is 31.2 Å². The van der Waals surface area contributed by atoms with Gasteiger partial charge >= 0.3 is 0 Å². The zero-order valence-electron chi connectivity index (χ0n) is 17.7. The second kappa shape index (κ2) is 10.4. The minimum Gasteiger partial charge on any atom is -0.369 e. The Morgan fingerprint density at radius 2 is 1.43 bits per heavy atom. The molecule has 0 heterocycles. The number of carbonyl (C=O) groups is 1. The van der Waals surface area contributed by atoms with E-state index in [2.05, 4.69) is 38.1 Å². The summed E-state index contributed by atoms with van der Waals surface area (Å²) in [5.41, 5.74) is 14.7. The molecule has 3 heteroatoms. The van der Waals surface area contributed by atoms with Crippen LogP contribution < -0.4 is 11.5 Å². The summed E-state index contributed by atoms with van der Waals surface area (Å²) in [7, 11) is 0. The van der Waals surface area contributed by atoms with Crippen LogP contribution >= 0.6 is 0 Å². The first kappa shape index (κ1) is 22.2. The zero-order chi connectivity index (χ0) is 20.6. The first-order valence-corrected chi connectivity index (χ1v) is 10.7. The van der Waals surface area contributed by atoms with Crippen LogP contribution in [0.5, 0.6) is 0 Å². The van der Waals surface area contributed by atoms with Crippen molar-refractivity contribution in [2.24, 2.45) is 17.4 Å². The number of primary amides is 1. The Labute approximate surface area is 170 Å². The third-order valence-electron chi connectivity index (χ3n) is 5.76. The van der Waals surface area contributed by atoms with Gasteiger partial charge in [0.1, 0.15) is 0 Å². The SMILES string of the molecule is CCCC(C)CCCCC1(C(N)=O)c2ccccc2-c2ccccc21.CCN. The monoisotopic (exact) mass is 380 g/mol. The maximum absolute atomic E-state index is 12.7. The lowest BCUT2D eigenvalue weighted by Crippen LogP contribution is -2.40. The standard InChI is InChI=1S/C23H29NO.C2H7N/c1-3-10-17(2)11-8-9-16-23(22(24)25)20-14-6-4-12-18(20)19-13-5-7-15-21(19)23;1-2-3/h4-7,12-15,17H,3,8-11,16H2,1-2H3,(H2,24,25);2-3H2,1H3. The molecule has 2 aromatic carbocycles. The summed E-state index contributed by atoms with van der Waals surface area (Å²) in [6, 6.07) is 16.5. The molecule has 0 spiro atoms. The van der Waals surface area contributed by atoms with Crippen molar-refractivity contribution in [3.05, 3.63) is 59.7 Å². The van der Waals surface area contributed by atoms with Gasteiger partial charge in [0, 0.05) is 0 Å². The Bertz CT molecular complexity index is 723. The molecule has 2 aromatic rings. The maximum Gasteiger partial charge on any atom is 0.232 e. The van der Waals surface area contributed by atoms with E-state index in [0.717, 1.165) is 54.0 Å². The van der Waals surface area contributed by atoms with Crippen molar-refractivity contribution >= 4 is 5.91 Å². The van der Waals surface area contributed by atoms with Gasteiger partial charge in [-0.05, 0) is 41.1 Å². The number of fused-ring (bicyclic) bond motifs is 3. The minimum absolute atomic E-state index is 0.216. The van der Waals surface area contributed by atoms with E-state index in [1.165, 1.54) is 19.3 Å². The molecule has 0 saturated carbocycles. The van der Waals surface area contributed by atoms with Crippen LogP contribution in [-0.4, -0.2) is 12.5 Å². The predicted octanol–water partition coefficient (Wildman–Crippen LogP) is 5.40. The van der Waals surface area contributed by atoms with E-state index in [9.17, 15) is 4.79 Å². The molecule has 1 aliphatic carbocycles. The molecule has 28 heavy (non-hydrogen) atoms. The van der Waals surface area contributed by atoms with Gasteiger partial charge in [-0.2, -0.15) is 0 Å². The van der Waals surface area contributed by atoms with Crippen LogP contribution in [0.3, 0.4) is 0 Å². The van der Waals surface area contributed by atoms with E-state index < -0.39 is 5.41 Å². The largest absolute Gasteiger partial charge is 0.369 e. The molecule has 0 saturated heterocycles. The summed E-state index contributed by atoms with van der Waals surface area (Å²) in [6.07, 6.45) is 6.74. The van der Waals surface area contributed by atoms with Gasteiger partial charge in [-0.15, -0.1) is 0 Å². The normalized spacial score (nSPS) is 14.4. The van der Waals surface area contributed by atoms with Crippen LogP contribution in [0.25, 0.3) is 11.1 Å². The first-order valence-electron chi connectivity index (χ1n) is 10.7. The van der Waals surface area contributed by atoms with Crippen molar-refractivity contribution in [1.82, 2.24) is 0 Å². The number of carbonyl (C=O) groups excluding carboxylic acids is 1. The van der Waals surface area contributed by atoms with Crippen molar-refractivity contribution in [2.75, 3.05) is 6.54 Å². The Morgan fingerprint density at radius 3 is 1.89 bits per heavy atom. The second-order valence-electron chi connectivity index (χ2n) is 7.91. The smallest absolute Gasteiger partial charge is 0.232 e. The van der Waals surface area contributed by atoms with E-state index in [1.54, 1.807) is 0 Å². The molecule has 3 rings (SSSR count). The Kier molecular flexibility index (Phi) is 8.25. The molecule has 1 amide bonds. The number of amides is 1. The van der Waals surface area contributed by atoms with E-state index in [4.69, 9.17) is 11.5 Å². The summed E-state index contributed by atoms with van der Waals surface area (Å²) in [5, 5.41) is 0. The first-order chi connectivity index (χ1) is 13.5. The molecule has 0 radical (unpaired) electrons. The maximum atomic E-state index is 12.7. The van der Waals surface area contributed by atoms with Crippen LogP contribution in [0, 0.1) is 5.92 Å². The van der Waals surface area contributed by atoms with E-state index in [-0.39, 0.29) is 5.91 Å². The van der Waals surface area contributed by atoms with Crippen molar-refractivity contribution < 1.29 is 4.79 Å². The second-order valence-corrected chi connectivity index (χ2v) is 7.91. The van der Waals surface area contributed by atoms with Gasteiger partial charge in [-0.3, -0.25) is 4.79 Å². The highest BCUT2D eigenvalue weighted by atomic mass is 16.1. The molecule has 0 fully saturated rings. The summed E-state index contributed by atoms with van der Waals surface area (Å²) < 4.78 is 0. The number of benzene rings is 2. The number of unbranched alkanes of at least 4 members (excludes halogenated alkanes) is 1. The van der Waals surface area contributed by atoms with Crippen LogP contribution in [0.4, 0.5) is 0 Å². The molecule has 0 aromatic heterocycles. The Balaban J connectivity index is 0.000000878. The number of nitrogens with two attached hydrogens (primary N) is 2. The fraction of sp³-hybridized carbons (Fsp3) is 0.480. The van der Waals surface area contributed by atoms with Crippen LogP contribution in [0.15, 0.2) is 48.5 Å². The highest BCUT2D eigenvalue weighted by molar-refractivity contribution is 5.99. The topological polar surface area (TPSA) is 69.1 Å². The summed E-state index contributed by atoms with van der Waals surface area (Å²) >= 11 is 0. The number of hydrogen-bond donors (Lipinski definition) is 2. The molecule has 0 bridgehead atoms. The lowest BCUT2D eigenvalue weighted by molar-refractivity contribution is -0.122. The summed E-state index contributed by atoms with van der Waals surface area (Å²) in [4.78, 5) is 12.7. The van der Waals surface area contributed by atoms with Gasteiger partial charge in [-0.1, -0.05) is 101 Å². The van der Waals surface area contributed by atoms with E-state index >= 15 is 0 Å². The fourth-order valence-corrected chi connectivity index (χ4v) is 4.50. The van der Waals surface area contributed by atoms with Gasteiger partial charge in [0.25, 0.3) is 0 Å². The molecular formula is C25H36N2O. The molecule has 4 N–H and O–H groups in total. The van der Waals surface area contributed by atoms with Gasteiger partial charge in [-0.25, -0.2) is 0 Å². The van der Waals surface area contributed by atoms with Crippen LogP contribution in [-0.2, 0) is 10.2 Å². The highest BCUT2D eigenvalue weighted by Crippen LogP contribution is 2.51. The average molecular weight is 381 g/mol. The zero-order valence-corrected chi connectivity index (χ0v) is 17.7. The number of hydrogen-bond acceptors (Lipinski definition) is 2. The molecule has 1 aliphatic rings. The van der Waals surface area contributed by atoms with Crippen molar-refractivity contribution in [2.45, 2.75) is 64.7 Å². The molecule has 1 unspecified atom stereocenters. The highest BCUT2D eigenvalue weighted by Gasteiger charge is 2.47. The third-order valence-corrected chi connectivity index (χ3v) is 5.76. The molecule has 0 aliphatic heterocycles. The third kappa shape index (κ3) is 4.47. The van der Waals surface area contributed by atoms with E-state index in [0.29, 0.717) is 0 Å². The Morgan fingerprint density at radius 1 is 0.929 bits per heavy atom. The van der Waals surface area contributed by atoms with Gasteiger partial charge < -0.3 is 11.5 Å². The van der Waals surface area contributed by atoms with Gasteiger partial charge in [0.05, 0.1) is 5.41 Å². The van der Waals surface area contributed by atoms with Crippen molar-refractivity contribution in [3.8, 4) is 11.1 Å². The van der Waals surface area contributed by atoms with Crippen LogP contribution in [0.2, 0.25) is 0 Å². The molecule has 1 atom stereocenters. The Hall–Kier alpha value is -2.13. The molecule has 3 nitrogen and oxygen atoms in total. The van der Waals surface area contributed by atoms with Crippen molar-refractivity contribution in [1.29, 1.82) is 0 Å².